The Morgan fingerprint density at radius 2 is 1.87 bits per heavy atom. The summed E-state index contributed by atoms with van der Waals surface area (Å²) in [7, 11) is 0. The molecule has 0 aromatic heterocycles. The maximum absolute atomic E-state index is 12.9. The monoisotopic (exact) mass is 438 g/mol. The van der Waals surface area contributed by atoms with Gasteiger partial charge in [-0.3, -0.25) is 0 Å². The van der Waals surface area contributed by atoms with Crippen molar-refractivity contribution >= 4 is 23.6 Å². The third kappa shape index (κ3) is 5.81. The van der Waals surface area contributed by atoms with E-state index in [2.05, 4.69) is 10.6 Å². The van der Waals surface area contributed by atoms with E-state index in [1.807, 2.05) is 27.7 Å². The quantitative estimate of drug-likeness (QED) is 0.536. The highest BCUT2D eigenvalue weighted by molar-refractivity contribution is 6.32. The standard InChI is InChI=1S/C22H31ClN2O5/c1-7-9-16-18(21(26)30-13(5)6)19(25-22(27)24-16)14-10-15(23)20(29-12(3)4)17(11-14)28-8-2/h10-13,19H,7-9H2,1-6H3,(H2,24,25,27). The van der Waals surface area contributed by atoms with Crippen LogP contribution >= 0.6 is 11.6 Å². The molecule has 0 fully saturated rings. The van der Waals surface area contributed by atoms with Crippen LogP contribution in [0.1, 0.15) is 66.0 Å². The van der Waals surface area contributed by atoms with Crippen molar-refractivity contribution in [2.75, 3.05) is 6.61 Å². The zero-order valence-electron chi connectivity index (χ0n) is 18.4. The lowest BCUT2D eigenvalue weighted by Gasteiger charge is -2.30. The number of esters is 1. The number of ether oxygens (including phenoxy) is 3. The van der Waals surface area contributed by atoms with Crippen LogP contribution in [0.2, 0.25) is 5.02 Å². The molecule has 0 saturated heterocycles. The van der Waals surface area contributed by atoms with Gasteiger partial charge in [-0.2, -0.15) is 0 Å². The SMILES string of the molecule is CCCC1=C(C(=O)OC(C)C)C(c2cc(Cl)c(OC(C)C)c(OCC)c2)NC(=O)N1. The smallest absolute Gasteiger partial charge is 0.338 e. The molecule has 0 bridgehead atoms. The number of allylic oxidation sites excluding steroid dienone is 1. The summed E-state index contributed by atoms with van der Waals surface area (Å²) >= 11 is 6.51. The lowest BCUT2D eigenvalue weighted by Crippen LogP contribution is -2.46. The summed E-state index contributed by atoms with van der Waals surface area (Å²) in [5.41, 5.74) is 1.52. The van der Waals surface area contributed by atoms with E-state index in [0.29, 0.717) is 46.4 Å². The van der Waals surface area contributed by atoms with Crippen LogP contribution in [0.25, 0.3) is 0 Å². The third-order valence-corrected chi connectivity index (χ3v) is 4.52. The van der Waals surface area contributed by atoms with E-state index in [9.17, 15) is 9.59 Å². The minimum atomic E-state index is -0.726. The molecule has 0 spiro atoms. The van der Waals surface area contributed by atoms with Crippen molar-refractivity contribution in [1.29, 1.82) is 0 Å². The highest BCUT2D eigenvalue weighted by Crippen LogP contribution is 2.41. The molecule has 1 atom stereocenters. The lowest BCUT2D eigenvalue weighted by molar-refractivity contribution is -0.143. The third-order valence-electron chi connectivity index (χ3n) is 4.23. The van der Waals surface area contributed by atoms with Crippen LogP contribution in [-0.2, 0) is 9.53 Å². The molecule has 8 heteroatoms. The summed E-state index contributed by atoms with van der Waals surface area (Å²) in [4.78, 5) is 25.3. The summed E-state index contributed by atoms with van der Waals surface area (Å²) in [6.45, 7) is 11.6. The largest absolute Gasteiger partial charge is 0.490 e. The van der Waals surface area contributed by atoms with Crippen LogP contribution in [0.3, 0.4) is 0 Å². The summed E-state index contributed by atoms with van der Waals surface area (Å²) in [5.74, 6) is 0.402. The normalized spacial score (nSPS) is 16.4. The molecule has 1 unspecified atom stereocenters. The first-order chi connectivity index (χ1) is 14.2. The van der Waals surface area contributed by atoms with Crippen LogP contribution in [-0.4, -0.2) is 30.8 Å². The van der Waals surface area contributed by atoms with E-state index < -0.39 is 12.0 Å². The summed E-state index contributed by atoms with van der Waals surface area (Å²) < 4.78 is 17.0. The second kappa shape index (κ2) is 10.6. The Morgan fingerprint density at radius 1 is 1.17 bits per heavy atom. The van der Waals surface area contributed by atoms with Crippen molar-refractivity contribution in [3.63, 3.8) is 0 Å². The first-order valence-electron chi connectivity index (χ1n) is 10.3. The molecule has 2 rings (SSSR count). The van der Waals surface area contributed by atoms with Gasteiger partial charge in [-0.15, -0.1) is 0 Å². The van der Waals surface area contributed by atoms with Gasteiger partial charge in [0.2, 0.25) is 0 Å². The molecular weight excluding hydrogens is 408 g/mol. The van der Waals surface area contributed by atoms with Crippen molar-refractivity contribution in [2.45, 2.75) is 72.6 Å². The first-order valence-corrected chi connectivity index (χ1v) is 10.7. The Bertz CT molecular complexity index is 820. The fourth-order valence-corrected chi connectivity index (χ4v) is 3.47. The zero-order valence-corrected chi connectivity index (χ0v) is 19.2. The second-order valence-corrected chi connectivity index (χ2v) is 7.96. The number of hydrogen-bond acceptors (Lipinski definition) is 5. The number of rotatable bonds is 9. The van der Waals surface area contributed by atoms with Gasteiger partial charge >= 0.3 is 12.0 Å². The van der Waals surface area contributed by atoms with Crippen LogP contribution < -0.4 is 20.1 Å². The molecule has 0 saturated carbocycles. The molecule has 1 aliphatic heterocycles. The predicted octanol–water partition coefficient (Wildman–Crippen LogP) is 4.89. The number of benzene rings is 1. The van der Waals surface area contributed by atoms with Gasteiger partial charge in [-0.25, -0.2) is 9.59 Å². The molecule has 1 aromatic carbocycles. The maximum Gasteiger partial charge on any atom is 0.338 e. The van der Waals surface area contributed by atoms with Crippen LogP contribution in [0, 0.1) is 0 Å². The number of hydrogen-bond donors (Lipinski definition) is 2. The Kier molecular flexibility index (Phi) is 8.41. The summed E-state index contributed by atoms with van der Waals surface area (Å²) in [6, 6.07) is 2.32. The molecule has 1 aliphatic rings. The second-order valence-electron chi connectivity index (χ2n) is 7.56. The summed E-state index contributed by atoms with van der Waals surface area (Å²) in [6.07, 6.45) is 0.897. The predicted molar refractivity (Wildman–Crippen MR) is 116 cm³/mol. The van der Waals surface area contributed by atoms with Crippen molar-refractivity contribution < 1.29 is 23.8 Å². The average molecular weight is 439 g/mol. The molecule has 0 radical (unpaired) electrons. The highest BCUT2D eigenvalue weighted by Gasteiger charge is 2.34. The molecule has 2 amide bonds. The van der Waals surface area contributed by atoms with E-state index in [-0.39, 0.29) is 18.2 Å². The zero-order chi connectivity index (χ0) is 22.4. The van der Waals surface area contributed by atoms with Gasteiger partial charge in [0.1, 0.15) is 0 Å². The van der Waals surface area contributed by atoms with Gasteiger partial charge < -0.3 is 24.8 Å². The van der Waals surface area contributed by atoms with E-state index in [4.69, 9.17) is 25.8 Å². The van der Waals surface area contributed by atoms with Crippen molar-refractivity contribution in [2.24, 2.45) is 0 Å². The van der Waals surface area contributed by atoms with Gasteiger partial charge in [0.05, 0.1) is 35.5 Å². The van der Waals surface area contributed by atoms with E-state index in [1.165, 1.54) is 0 Å². The molecule has 1 heterocycles. The van der Waals surface area contributed by atoms with Gasteiger partial charge in [0.25, 0.3) is 0 Å². The number of amides is 2. The van der Waals surface area contributed by atoms with Crippen LogP contribution in [0.15, 0.2) is 23.4 Å². The Morgan fingerprint density at radius 3 is 2.43 bits per heavy atom. The number of carbonyl (C=O) groups excluding carboxylic acids is 2. The minimum absolute atomic E-state index is 0.0984. The maximum atomic E-state index is 12.9. The molecule has 7 nitrogen and oxygen atoms in total. The Hall–Kier alpha value is -2.41. The number of halogens is 1. The Labute approximate surface area is 183 Å². The fourth-order valence-electron chi connectivity index (χ4n) is 3.20. The van der Waals surface area contributed by atoms with Crippen molar-refractivity contribution in [3.05, 3.63) is 34.0 Å². The Balaban J connectivity index is 2.61. The lowest BCUT2D eigenvalue weighted by atomic mass is 9.93. The van der Waals surface area contributed by atoms with Crippen molar-refractivity contribution in [1.82, 2.24) is 10.6 Å². The van der Waals surface area contributed by atoms with Gasteiger partial charge in [-0.05, 0) is 58.7 Å². The van der Waals surface area contributed by atoms with E-state index >= 15 is 0 Å². The van der Waals surface area contributed by atoms with E-state index in [1.54, 1.807) is 26.0 Å². The van der Waals surface area contributed by atoms with Crippen LogP contribution in [0.5, 0.6) is 11.5 Å². The highest BCUT2D eigenvalue weighted by atomic mass is 35.5. The fraction of sp³-hybridized carbons (Fsp3) is 0.545. The molecule has 2 N–H and O–H groups in total. The number of nitrogens with one attached hydrogen (secondary N) is 2. The van der Waals surface area contributed by atoms with Crippen molar-refractivity contribution in [3.8, 4) is 11.5 Å². The van der Waals surface area contributed by atoms with Gasteiger partial charge in [0.15, 0.2) is 11.5 Å². The topological polar surface area (TPSA) is 85.9 Å². The average Bonchev–Trinajstić information content (AvgIpc) is 2.63. The molecule has 30 heavy (non-hydrogen) atoms. The number of carbonyl (C=O) groups is 2. The van der Waals surface area contributed by atoms with Gasteiger partial charge in [0, 0.05) is 5.70 Å². The van der Waals surface area contributed by atoms with E-state index in [0.717, 1.165) is 6.42 Å². The molecule has 0 aliphatic carbocycles. The number of urea groups is 1. The van der Waals surface area contributed by atoms with Crippen LogP contribution in [0.4, 0.5) is 4.79 Å². The molecular formula is C22H31ClN2O5. The first kappa shape index (κ1) is 23.9. The molecule has 1 aromatic rings. The minimum Gasteiger partial charge on any atom is -0.490 e. The summed E-state index contributed by atoms with van der Waals surface area (Å²) in [5, 5.41) is 5.91. The van der Waals surface area contributed by atoms with Gasteiger partial charge in [-0.1, -0.05) is 24.9 Å². The molecule has 166 valence electrons.